The second kappa shape index (κ2) is 12.3. The molecule has 0 amide bonds. The van der Waals surface area contributed by atoms with Gasteiger partial charge in [-0.1, -0.05) is 17.7 Å². The second-order valence-corrected chi connectivity index (χ2v) is 9.25. The molecule has 0 radical (unpaired) electrons. The summed E-state index contributed by atoms with van der Waals surface area (Å²) in [4.78, 5) is 4.74. The van der Waals surface area contributed by atoms with Gasteiger partial charge in [-0.2, -0.15) is 11.8 Å². The summed E-state index contributed by atoms with van der Waals surface area (Å²) >= 11 is 7.81. The highest BCUT2D eigenvalue weighted by molar-refractivity contribution is 14.0. The number of benzene rings is 1. The molecule has 10 heteroatoms. The van der Waals surface area contributed by atoms with Gasteiger partial charge in [0.15, 0.2) is 5.96 Å². The molecular formula is C16H26ClIN4O2S2. The lowest BCUT2D eigenvalue weighted by molar-refractivity contribution is 0.580. The van der Waals surface area contributed by atoms with Crippen molar-refractivity contribution in [2.45, 2.75) is 29.9 Å². The highest BCUT2D eigenvalue weighted by Gasteiger charge is 2.15. The van der Waals surface area contributed by atoms with Crippen LogP contribution in [0.3, 0.4) is 0 Å². The molecule has 148 valence electrons. The highest BCUT2D eigenvalue weighted by atomic mass is 127. The molecule has 1 aromatic carbocycles. The Bertz CT molecular complexity index is 683. The van der Waals surface area contributed by atoms with E-state index < -0.39 is 10.0 Å². The standard InChI is InChI=1S/C16H25ClN4O2S2.HI/c1-2-18-16(20-12-14-6-4-10-24-14)19-8-9-21-25(22,23)15-7-3-5-13(17)11-15;/h3,5,7,11,14,21H,2,4,6,8-10,12H2,1H3,(H2,18,19,20);1H. The van der Waals surface area contributed by atoms with Crippen LogP contribution >= 0.6 is 47.3 Å². The van der Waals surface area contributed by atoms with E-state index in [-0.39, 0.29) is 35.4 Å². The zero-order valence-electron chi connectivity index (χ0n) is 14.7. The zero-order valence-corrected chi connectivity index (χ0v) is 19.4. The molecule has 1 saturated heterocycles. The molecule has 1 heterocycles. The molecule has 1 unspecified atom stereocenters. The van der Waals surface area contributed by atoms with Crippen molar-refractivity contribution in [3.05, 3.63) is 29.3 Å². The van der Waals surface area contributed by atoms with Crippen LogP contribution in [0.25, 0.3) is 0 Å². The van der Waals surface area contributed by atoms with Crippen molar-refractivity contribution in [1.82, 2.24) is 15.4 Å². The fraction of sp³-hybridized carbons (Fsp3) is 0.562. The van der Waals surface area contributed by atoms with Gasteiger partial charge in [0, 0.05) is 29.9 Å². The summed E-state index contributed by atoms with van der Waals surface area (Å²) in [6.45, 7) is 4.26. The van der Waals surface area contributed by atoms with Crippen LogP contribution < -0.4 is 15.4 Å². The Morgan fingerprint density at radius 1 is 1.35 bits per heavy atom. The van der Waals surface area contributed by atoms with E-state index >= 15 is 0 Å². The highest BCUT2D eigenvalue weighted by Crippen LogP contribution is 2.25. The van der Waals surface area contributed by atoms with Gasteiger partial charge in [-0.15, -0.1) is 24.0 Å². The minimum absolute atomic E-state index is 0. The Kier molecular flexibility index (Phi) is 11.2. The first-order valence-electron chi connectivity index (χ1n) is 8.40. The first-order chi connectivity index (χ1) is 12.0. The van der Waals surface area contributed by atoms with Crippen LogP contribution in [0.1, 0.15) is 19.8 Å². The van der Waals surface area contributed by atoms with Gasteiger partial charge in [-0.3, -0.25) is 4.99 Å². The van der Waals surface area contributed by atoms with Crippen molar-refractivity contribution in [1.29, 1.82) is 0 Å². The van der Waals surface area contributed by atoms with Crippen molar-refractivity contribution in [3.63, 3.8) is 0 Å². The molecule has 0 aliphatic carbocycles. The smallest absolute Gasteiger partial charge is 0.240 e. The molecular weight excluding hydrogens is 507 g/mol. The van der Waals surface area contributed by atoms with Gasteiger partial charge >= 0.3 is 0 Å². The van der Waals surface area contributed by atoms with Crippen LogP contribution in [0.4, 0.5) is 0 Å². The minimum Gasteiger partial charge on any atom is -0.357 e. The Labute approximate surface area is 182 Å². The van der Waals surface area contributed by atoms with Crippen LogP contribution in [0.15, 0.2) is 34.2 Å². The lowest BCUT2D eigenvalue weighted by atomic mass is 10.2. The van der Waals surface area contributed by atoms with Crippen LogP contribution in [0.5, 0.6) is 0 Å². The third kappa shape index (κ3) is 8.20. The number of halogens is 2. The third-order valence-electron chi connectivity index (χ3n) is 3.64. The SMILES string of the molecule is CCNC(=NCC1CCCS1)NCCNS(=O)(=O)c1cccc(Cl)c1.I. The number of nitrogens with one attached hydrogen (secondary N) is 3. The van der Waals surface area contributed by atoms with Gasteiger partial charge < -0.3 is 10.6 Å². The van der Waals surface area contributed by atoms with E-state index in [4.69, 9.17) is 11.6 Å². The van der Waals surface area contributed by atoms with Crippen molar-refractivity contribution in [3.8, 4) is 0 Å². The second-order valence-electron chi connectivity index (χ2n) is 5.64. The Hall–Kier alpha value is -0.230. The Morgan fingerprint density at radius 2 is 2.15 bits per heavy atom. The summed E-state index contributed by atoms with van der Waals surface area (Å²) in [6, 6.07) is 6.21. The molecule has 1 aromatic rings. The first kappa shape index (κ1) is 23.8. The average Bonchev–Trinajstić information content (AvgIpc) is 3.10. The number of thioether (sulfide) groups is 1. The van der Waals surface area contributed by atoms with Crippen LogP contribution in [-0.2, 0) is 10.0 Å². The lowest BCUT2D eigenvalue weighted by Gasteiger charge is -2.13. The predicted molar refractivity (Wildman–Crippen MR) is 122 cm³/mol. The van der Waals surface area contributed by atoms with E-state index in [2.05, 4.69) is 20.3 Å². The maximum absolute atomic E-state index is 12.2. The van der Waals surface area contributed by atoms with Crippen LogP contribution in [0.2, 0.25) is 5.02 Å². The molecule has 0 spiro atoms. The topological polar surface area (TPSA) is 82.6 Å². The summed E-state index contributed by atoms with van der Waals surface area (Å²) in [5.41, 5.74) is 0. The number of sulfonamides is 1. The zero-order chi connectivity index (χ0) is 18.1. The van der Waals surface area contributed by atoms with Crippen molar-refractivity contribution >= 4 is 63.3 Å². The molecule has 0 saturated carbocycles. The third-order valence-corrected chi connectivity index (χ3v) is 6.71. The van der Waals surface area contributed by atoms with E-state index in [1.807, 2.05) is 18.7 Å². The molecule has 1 aliphatic rings. The number of hydrogen-bond acceptors (Lipinski definition) is 4. The van der Waals surface area contributed by atoms with Crippen molar-refractivity contribution in [2.75, 3.05) is 31.9 Å². The van der Waals surface area contributed by atoms with Gasteiger partial charge in [0.25, 0.3) is 0 Å². The fourth-order valence-electron chi connectivity index (χ4n) is 2.41. The number of guanidine groups is 1. The molecule has 26 heavy (non-hydrogen) atoms. The fourth-order valence-corrected chi connectivity index (χ4v) is 4.92. The predicted octanol–water partition coefficient (Wildman–Crippen LogP) is 2.69. The van der Waals surface area contributed by atoms with Crippen molar-refractivity contribution < 1.29 is 8.42 Å². The van der Waals surface area contributed by atoms with Crippen LogP contribution in [0, 0.1) is 0 Å². The Morgan fingerprint density at radius 3 is 2.81 bits per heavy atom. The lowest BCUT2D eigenvalue weighted by Crippen LogP contribution is -2.41. The largest absolute Gasteiger partial charge is 0.357 e. The van der Waals surface area contributed by atoms with Gasteiger partial charge in [0.05, 0.1) is 11.4 Å². The maximum Gasteiger partial charge on any atom is 0.240 e. The van der Waals surface area contributed by atoms with Gasteiger partial charge in [0.1, 0.15) is 0 Å². The molecule has 6 nitrogen and oxygen atoms in total. The molecule has 0 bridgehead atoms. The van der Waals surface area contributed by atoms with Gasteiger partial charge in [-0.05, 0) is 43.7 Å². The van der Waals surface area contributed by atoms with E-state index in [1.54, 1.807) is 12.1 Å². The maximum atomic E-state index is 12.2. The minimum atomic E-state index is -3.56. The summed E-state index contributed by atoms with van der Waals surface area (Å²) in [5.74, 6) is 1.94. The molecule has 3 N–H and O–H groups in total. The number of nitrogens with zero attached hydrogens (tertiary/aromatic N) is 1. The summed E-state index contributed by atoms with van der Waals surface area (Å²) in [5, 5.41) is 7.32. The average molecular weight is 533 g/mol. The van der Waals surface area contributed by atoms with Crippen LogP contribution in [-0.4, -0.2) is 51.6 Å². The normalized spacial score (nSPS) is 17.6. The van der Waals surface area contributed by atoms with Gasteiger partial charge in [0.2, 0.25) is 10.0 Å². The monoisotopic (exact) mass is 532 g/mol. The molecule has 0 aromatic heterocycles. The van der Waals surface area contributed by atoms with E-state index in [0.717, 1.165) is 19.0 Å². The number of hydrogen-bond donors (Lipinski definition) is 3. The Balaban J connectivity index is 0.00000338. The molecule has 1 aliphatic heterocycles. The molecule has 1 atom stereocenters. The van der Waals surface area contributed by atoms with Crippen molar-refractivity contribution in [2.24, 2.45) is 4.99 Å². The summed E-state index contributed by atoms with van der Waals surface area (Å²) < 4.78 is 27.0. The summed E-state index contributed by atoms with van der Waals surface area (Å²) in [7, 11) is -3.56. The number of aliphatic imine (C=N–C) groups is 1. The van der Waals surface area contributed by atoms with Gasteiger partial charge in [-0.25, -0.2) is 13.1 Å². The number of rotatable bonds is 8. The quantitative estimate of drug-likeness (QED) is 0.208. The van der Waals surface area contributed by atoms with E-state index in [0.29, 0.717) is 16.8 Å². The van der Waals surface area contributed by atoms with E-state index in [9.17, 15) is 8.42 Å². The van der Waals surface area contributed by atoms with E-state index in [1.165, 1.54) is 30.7 Å². The first-order valence-corrected chi connectivity index (χ1v) is 11.3. The summed E-state index contributed by atoms with van der Waals surface area (Å²) in [6.07, 6.45) is 2.48. The molecule has 1 fully saturated rings. The molecule has 2 rings (SSSR count).